The van der Waals surface area contributed by atoms with Crippen LogP contribution < -0.4 is 0 Å². The molecule has 2 N–H and O–H groups in total. The van der Waals surface area contributed by atoms with Crippen LogP contribution in [0.1, 0.15) is 46.5 Å². The lowest BCUT2D eigenvalue weighted by Crippen LogP contribution is -2.69. The Morgan fingerprint density at radius 2 is 2.00 bits per heavy atom. The summed E-state index contributed by atoms with van der Waals surface area (Å²) in [7, 11) is 2.93. The van der Waals surface area contributed by atoms with Crippen molar-refractivity contribution in [3.8, 4) is 0 Å². The fourth-order valence-corrected chi connectivity index (χ4v) is 7.42. The lowest BCUT2D eigenvalue weighted by molar-refractivity contribution is -0.219. The van der Waals surface area contributed by atoms with Gasteiger partial charge in [-0.15, -0.1) is 0 Å². The third kappa shape index (κ3) is 2.68. The average Bonchev–Trinajstić information content (AvgIpc) is 2.94. The molecule has 0 amide bonds. The molecule has 3 fully saturated rings. The van der Waals surface area contributed by atoms with Crippen molar-refractivity contribution in [3.63, 3.8) is 0 Å². The van der Waals surface area contributed by atoms with Gasteiger partial charge in [0.1, 0.15) is 12.7 Å². The zero-order valence-electron chi connectivity index (χ0n) is 18.6. The van der Waals surface area contributed by atoms with Crippen molar-refractivity contribution in [2.75, 3.05) is 6.61 Å². The molecule has 0 aliphatic heterocycles. The smallest absolute Gasteiger partial charge is 0.431 e. The number of Topliss-reactive ketones (excluding diaryl/α,β-unsaturated/α-hetero) is 1. The number of ether oxygens (including phenoxy) is 2. The van der Waals surface area contributed by atoms with E-state index in [1.54, 1.807) is 26.8 Å². The Labute approximate surface area is 186 Å². The van der Waals surface area contributed by atoms with E-state index in [-0.39, 0.29) is 18.1 Å². The van der Waals surface area contributed by atoms with Gasteiger partial charge >= 0.3 is 6.16 Å². The second kappa shape index (κ2) is 7.22. The number of fused-ring (bicyclic) bond motifs is 5. The van der Waals surface area contributed by atoms with Gasteiger partial charge in [-0.1, -0.05) is 25.5 Å². The fourth-order valence-electron chi connectivity index (χ4n) is 7.42. The molecule has 0 aromatic heterocycles. The molecule has 175 valence electrons. The Morgan fingerprint density at radius 1 is 1.31 bits per heavy atom. The molecule has 0 heterocycles. The summed E-state index contributed by atoms with van der Waals surface area (Å²) < 4.78 is 25.9. The zero-order valence-corrected chi connectivity index (χ0v) is 18.6. The van der Waals surface area contributed by atoms with Crippen LogP contribution in [0.5, 0.6) is 0 Å². The van der Waals surface area contributed by atoms with Crippen molar-refractivity contribution in [3.05, 3.63) is 30.9 Å². The second-order valence-corrected chi connectivity index (χ2v) is 10.3. The topological polar surface area (TPSA) is 110 Å². The lowest BCUT2D eigenvalue weighted by atomic mass is 9.44. The molecule has 8 heteroatoms. The van der Waals surface area contributed by atoms with Crippen LogP contribution in [0.3, 0.4) is 0 Å². The average molecular weight is 449 g/mol. The number of rotatable bonds is 3. The zero-order chi connectivity index (χ0) is 23.7. The van der Waals surface area contributed by atoms with E-state index in [9.17, 15) is 24.6 Å². The Bertz CT molecular complexity index is 927. The van der Waals surface area contributed by atoms with Crippen molar-refractivity contribution in [2.45, 2.75) is 63.8 Å². The second-order valence-electron chi connectivity index (χ2n) is 10.3. The predicted molar refractivity (Wildman–Crippen MR) is 111 cm³/mol. The van der Waals surface area contributed by atoms with Crippen molar-refractivity contribution < 1.29 is 38.5 Å². The van der Waals surface area contributed by atoms with Gasteiger partial charge < -0.3 is 19.7 Å². The van der Waals surface area contributed by atoms with Gasteiger partial charge in [-0.2, -0.15) is 0 Å². The molecule has 32 heavy (non-hydrogen) atoms. The Hall–Kier alpha value is -2.06. The van der Waals surface area contributed by atoms with Gasteiger partial charge in [0, 0.05) is 16.7 Å². The first-order valence-corrected chi connectivity index (χ1v) is 11.0. The molecule has 8 atom stereocenters. The molecular weight excluding hydrogens is 419 g/mol. The van der Waals surface area contributed by atoms with Crippen molar-refractivity contribution >= 4 is 17.7 Å². The van der Waals surface area contributed by atoms with Crippen LogP contribution >= 0.6 is 0 Å². The predicted octanol–water partition coefficient (Wildman–Crippen LogP) is 2.85. The Balaban J connectivity index is 1.73. The summed E-state index contributed by atoms with van der Waals surface area (Å²) >= 11 is 0. The van der Waals surface area contributed by atoms with Crippen LogP contribution in [0.4, 0.5) is 9.18 Å². The number of carbonyl (C=O) groups is 3. The minimum absolute atomic E-state index is 0.137. The maximum atomic E-state index is 17.0. The van der Waals surface area contributed by atoms with Crippen LogP contribution in [0.2, 0.25) is 0 Å². The van der Waals surface area contributed by atoms with Gasteiger partial charge in [0.15, 0.2) is 18.1 Å². The van der Waals surface area contributed by atoms with E-state index in [0.29, 0.717) is 24.8 Å². The maximum Gasteiger partial charge on any atom is 0.508 e. The molecule has 0 aromatic rings. The van der Waals surface area contributed by atoms with E-state index >= 15 is 4.39 Å². The van der Waals surface area contributed by atoms with Crippen LogP contribution in [0.25, 0.3) is 0 Å². The number of allylic oxidation sites excluding steroid dienone is 4. The summed E-state index contributed by atoms with van der Waals surface area (Å²) in [5.41, 5.74) is -5.53. The molecule has 4 aliphatic carbocycles. The molecule has 2 unspecified atom stereocenters. The number of halogens is 1. The highest BCUT2D eigenvalue weighted by molar-refractivity contribution is 6.01. The fraction of sp³-hybridized carbons (Fsp3) is 0.667. The first kappa shape index (κ1) is 23.1. The van der Waals surface area contributed by atoms with E-state index in [4.69, 9.17) is 4.74 Å². The van der Waals surface area contributed by atoms with Gasteiger partial charge in [0.2, 0.25) is 5.78 Å². The molecule has 1 radical (unpaired) electrons. The highest BCUT2D eigenvalue weighted by atomic mass is 19.1. The number of hydrogen-bond acceptors (Lipinski definition) is 7. The largest absolute Gasteiger partial charge is 0.508 e. The molecular formula is C24H30FO7. The van der Waals surface area contributed by atoms with Gasteiger partial charge in [0.25, 0.3) is 0 Å². The van der Waals surface area contributed by atoms with Crippen molar-refractivity contribution in [1.29, 1.82) is 0 Å². The van der Waals surface area contributed by atoms with Gasteiger partial charge in [-0.3, -0.25) is 9.59 Å². The monoisotopic (exact) mass is 449 g/mol. The maximum absolute atomic E-state index is 17.0. The molecule has 0 spiro atoms. The number of ketones is 2. The standard InChI is InChI=1S/C24H30FO7/c1-13-9-17-16-6-5-14-10-15(26)7-8-21(14,2)23(16,25)18(27)11-22(17,3)24(13,30)19(28)12-32-20(29)31-4/h7-8,10,13,16-18,27,30H,4-6,9,11-12H2,1-3H3/t13-,16?,17?,18-,21-,22-,23-,24-/m0/s1. The first-order chi connectivity index (χ1) is 14.9. The molecule has 0 bridgehead atoms. The number of hydrogen-bond donors (Lipinski definition) is 2. The Morgan fingerprint density at radius 3 is 2.66 bits per heavy atom. The van der Waals surface area contributed by atoms with Crippen molar-refractivity contribution in [1.82, 2.24) is 0 Å². The van der Waals surface area contributed by atoms with E-state index in [2.05, 4.69) is 11.8 Å². The van der Waals surface area contributed by atoms with Gasteiger partial charge in [-0.05, 0) is 56.6 Å². The number of aliphatic hydroxyl groups excluding tert-OH is 1. The number of alkyl halides is 1. The minimum Gasteiger partial charge on any atom is -0.431 e. The minimum atomic E-state index is -2.04. The first-order valence-electron chi connectivity index (χ1n) is 11.0. The number of carbonyl (C=O) groups excluding carboxylic acids is 3. The van der Waals surface area contributed by atoms with Crippen LogP contribution in [0, 0.1) is 35.7 Å². The Kier molecular flexibility index (Phi) is 5.21. The summed E-state index contributed by atoms with van der Waals surface area (Å²) in [4.78, 5) is 36.3. The van der Waals surface area contributed by atoms with Gasteiger partial charge in [0.05, 0.1) is 6.10 Å². The molecule has 0 saturated heterocycles. The third-order valence-electron chi connectivity index (χ3n) is 9.09. The highest BCUT2D eigenvalue weighted by Crippen LogP contribution is 2.70. The summed E-state index contributed by atoms with van der Waals surface area (Å²) in [5, 5.41) is 22.9. The summed E-state index contributed by atoms with van der Waals surface area (Å²) in [6.45, 7) is 4.46. The molecule has 3 saturated carbocycles. The van der Waals surface area contributed by atoms with Crippen molar-refractivity contribution in [2.24, 2.45) is 28.6 Å². The molecule has 4 rings (SSSR count). The van der Waals surface area contributed by atoms with Crippen LogP contribution in [-0.4, -0.2) is 51.9 Å². The summed E-state index contributed by atoms with van der Waals surface area (Å²) in [6.07, 6.45) is 2.93. The van der Waals surface area contributed by atoms with Crippen LogP contribution in [0.15, 0.2) is 23.8 Å². The molecule has 4 aliphatic rings. The van der Waals surface area contributed by atoms with E-state index in [1.807, 2.05) is 0 Å². The SMILES string of the molecule is [CH2]OC(=O)OCC(=O)[C@@]1(O)[C@@H](C)CC2C3CCC4=CC(=O)C=C[C@]4(C)[C@@]3(F)[C@@H](O)C[C@@]21C. The summed E-state index contributed by atoms with van der Waals surface area (Å²) in [5.74, 6) is -2.43. The highest BCUT2D eigenvalue weighted by Gasteiger charge is 2.75. The van der Waals surface area contributed by atoms with Gasteiger partial charge in [-0.25, -0.2) is 9.18 Å². The van der Waals surface area contributed by atoms with E-state index in [1.165, 1.54) is 12.2 Å². The third-order valence-corrected chi connectivity index (χ3v) is 9.09. The molecule has 0 aromatic carbocycles. The molecule has 7 nitrogen and oxygen atoms in total. The normalized spacial score (nSPS) is 47.1. The summed E-state index contributed by atoms with van der Waals surface area (Å²) in [6, 6.07) is 0. The number of aliphatic hydroxyl groups is 2. The van der Waals surface area contributed by atoms with E-state index in [0.717, 1.165) is 0 Å². The van der Waals surface area contributed by atoms with Crippen LogP contribution in [-0.2, 0) is 19.1 Å². The van der Waals surface area contributed by atoms with E-state index < -0.39 is 58.6 Å². The quantitative estimate of drug-likeness (QED) is 0.638. The lowest BCUT2D eigenvalue weighted by Gasteiger charge is -2.62.